The minimum atomic E-state index is 0.361. The third kappa shape index (κ3) is 3.56. The Balaban J connectivity index is 1.54. The molecule has 0 bridgehead atoms. The van der Waals surface area contributed by atoms with E-state index < -0.39 is 0 Å². The Labute approximate surface area is 160 Å². The normalized spacial score (nSPS) is 10.9. The van der Waals surface area contributed by atoms with Crippen molar-refractivity contribution in [3.05, 3.63) is 53.5 Å². The monoisotopic (exact) mass is 381 g/mol. The molecule has 27 heavy (non-hydrogen) atoms. The summed E-state index contributed by atoms with van der Waals surface area (Å²) in [4.78, 5) is 2.80. The zero-order valence-electron chi connectivity index (χ0n) is 15.3. The van der Waals surface area contributed by atoms with E-state index in [1.54, 1.807) is 11.6 Å². The van der Waals surface area contributed by atoms with Gasteiger partial charge in [-0.1, -0.05) is 17.4 Å². The summed E-state index contributed by atoms with van der Waals surface area (Å²) in [5, 5.41) is 13.9. The second-order valence-corrected chi connectivity index (χ2v) is 7.16. The van der Waals surface area contributed by atoms with Crippen molar-refractivity contribution in [1.82, 2.24) is 19.8 Å². The van der Waals surface area contributed by atoms with Crippen LogP contribution in [0.15, 0.2) is 48.5 Å². The molecular weight excluding hydrogens is 362 g/mol. The molecule has 2 aromatic carbocycles. The van der Waals surface area contributed by atoms with Crippen molar-refractivity contribution >= 4 is 22.0 Å². The van der Waals surface area contributed by atoms with Gasteiger partial charge in [0.25, 0.3) is 0 Å². The molecule has 0 aliphatic heterocycles. The summed E-state index contributed by atoms with van der Waals surface area (Å²) >= 11 is 1.46. The number of nitrogens with zero attached hydrogens (tertiary/aromatic N) is 5. The maximum atomic E-state index is 5.82. The molecule has 4 aromatic rings. The predicted molar refractivity (Wildman–Crippen MR) is 106 cm³/mol. The number of methoxy groups -OCH3 is 1. The fourth-order valence-corrected chi connectivity index (χ4v) is 3.39. The molecule has 0 N–H and O–H groups in total. The fraction of sp³-hybridized carbons (Fsp3) is 0.211. The van der Waals surface area contributed by atoms with Gasteiger partial charge in [-0.25, -0.2) is 0 Å². The van der Waals surface area contributed by atoms with Crippen LogP contribution in [0.5, 0.6) is 11.5 Å². The molecule has 0 saturated carbocycles. The number of rotatable bonds is 6. The van der Waals surface area contributed by atoms with Gasteiger partial charge in [0.15, 0.2) is 10.8 Å². The standard InChI is InChI=1S/C19H19N5O2S/c1-23(2)14-9-7-13(8-10-14)18-20-21-19-24(18)22-17(27-19)12-26-16-6-4-5-15(11-16)25-3/h4-11H,12H2,1-3H3. The second kappa shape index (κ2) is 7.24. The lowest BCUT2D eigenvalue weighted by Crippen LogP contribution is -2.08. The maximum absolute atomic E-state index is 5.82. The molecule has 0 radical (unpaired) electrons. The molecule has 2 aromatic heterocycles. The summed E-state index contributed by atoms with van der Waals surface area (Å²) in [7, 11) is 5.66. The number of aromatic nitrogens is 4. The first kappa shape index (κ1) is 17.3. The van der Waals surface area contributed by atoms with E-state index in [4.69, 9.17) is 9.47 Å². The van der Waals surface area contributed by atoms with Crippen LogP contribution in [0, 0.1) is 0 Å². The smallest absolute Gasteiger partial charge is 0.235 e. The number of fused-ring (bicyclic) bond motifs is 1. The van der Waals surface area contributed by atoms with Crippen LogP contribution in [0.4, 0.5) is 5.69 Å². The fourth-order valence-electron chi connectivity index (χ4n) is 2.64. The average Bonchev–Trinajstić information content (AvgIpc) is 3.27. The van der Waals surface area contributed by atoms with Crippen LogP contribution >= 0.6 is 11.3 Å². The Hall–Kier alpha value is -3.13. The minimum Gasteiger partial charge on any atom is -0.497 e. The van der Waals surface area contributed by atoms with Gasteiger partial charge in [0.2, 0.25) is 4.96 Å². The Morgan fingerprint density at radius 3 is 2.56 bits per heavy atom. The number of hydrogen-bond donors (Lipinski definition) is 0. The highest BCUT2D eigenvalue weighted by Gasteiger charge is 2.14. The molecule has 0 aliphatic carbocycles. The van der Waals surface area contributed by atoms with Crippen LogP contribution in [0.3, 0.4) is 0 Å². The number of anilines is 1. The largest absolute Gasteiger partial charge is 0.497 e. The first-order valence-corrected chi connectivity index (χ1v) is 9.21. The van der Waals surface area contributed by atoms with Crippen molar-refractivity contribution in [3.8, 4) is 22.9 Å². The highest BCUT2D eigenvalue weighted by Crippen LogP contribution is 2.25. The molecule has 0 atom stereocenters. The molecule has 0 amide bonds. The Kier molecular flexibility index (Phi) is 4.64. The van der Waals surface area contributed by atoms with E-state index in [1.165, 1.54) is 11.3 Å². The zero-order valence-corrected chi connectivity index (χ0v) is 16.1. The van der Waals surface area contributed by atoms with Gasteiger partial charge in [0.1, 0.15) is 18.1 Å². The Bertz CT molecular complexity index is 1060. The van der Waals surface area contributed by atoms with E-state index in [0.29, 0.717) is 6.61 Å². The quantitative estimate of drug-likeness (QED) is 0.509. The highest BCUT2D eigenvalue weighted by atomic mass is 32.1. The van der Waals surface area contributed by atoms with Gasteiger partial charge in [0, 0.05) is 31.4 Å². The van der Waals surface area contributed by atoms with E-state index in [-0.39, 0.29) is 0 Å². The summed E-state index contributed by atoms with van der Waals surface area (Å²) in [6.45, 7) is 0.361. The summed E-state index contributed by atoms with van der Waals surface area (Å²) in [5.41, 5.74) is 2.10. The zero-order chi connectivity index (χ0) is 18.8. The molecule has 0 fully saturated rings. The van der Waals surface area contributed by atoms with Crippen molar-refractivity contribution in [3.63, 3.8) is 0 Å². The molecule has 0 spiro atoms. The van der Waals surface area contributed by atoms with E-state index >= 15 is 0 Å². The summed E-state index contributed by atoms with van der Waals surface area (Å²) in [5.74, 6) is 2.22. The van der Waals surface area contributed by atoms with Crippen LogP contribution < -0.4 is 14.4 Å². The minimum absolute atomic E-state index is 0.361. The van der Waals surface area contributed by atoms with Crippen molar-refractivity contribution in [1.29, 1.82) is 0 Å². The van der Waals surface area contributed by atoms with Gasteiger partial charge < -0.3 is 14.4 Å². The first-order valence-electron chi connectivity index (χ1n) is 8.40. The van der Waals surface area contributed by atoms with E-state index in [2.05, 4.69) is 32.3 Å². The molecule has 0 unspecified atom stereocenters. The summed E-state index contributed by atoms with van der Waals surface area (Å²) in [6.07, 6.45) is 0. The van der Waals surface area contributed by atoms with Gasteiger partial charge in [-0.2, -0.15) is 9.61 Å². The molecule has 4 rings (SSSR count). The van der Waals surface area contributed by atoms with Gasteiger partial charge in [-0.15, -0.1) is 10.2 Å². The number of ether oxygens (including phenoxy) is 2. The summed E-state index contributed by atoms with van der Waals surface area (Å²) < 4.78 is 12.8. The molecular formula is C19H19N5O2S. The van der Waals surface area contributed by atoms with Crippen molar-refractivity contribution in [2.24, 2.45) is 0 Å². The van der Waals surface area contributed by atoms with Crippen molar-refractivity contribution < 1.29 is 9.47 Å². The van der Waals surface area contributed by atoms with Gasteiger partial charge in [0.05, 0.1) is 7.11 Å². The molecule has 8 heteroatoms. The Morgan fingerprint density at radius 1 is 1.04 bits per heavy atom. The van der Waals surface area contributed by atoms with Crippen LogP contribution in [-0.4, -0.2) is 41.0 Å². The number of benzene rings is 2. The van der Waals surface area contributed by atoms with E-state index in [1.807, 2.05) is 50.5 Å². The van der Waals surface area contributed by atoms with Gasteiger partial charge in [-0.05, 0) is 36.4 Å². The average molecular weight is 381 g/mol. The third-order valence-electron chi connectivity index (χ3n) is 4.08. The van der Waals surface area contributed by atoms with Crippen LogP contribution in [0.1, 0.15) is 5.01 Å². The molecule has 2 heterocycles. The van der Waals surface area contributed by atoms with Crippen molar-refractivity contribution in [2.45, 2.75) is 6.61 Å². The summed E-state index contributed by atoms with van der Waals surface area (Å²) in [6, 6.07) is 15.7. The Morgan fingerprint density at radius 2 is 1.81 bits per heavy atom. The van der Waals surface area contributed by atoms with Crippen LogP contribution in [0.25, 0.3) is 16.3 Å². The maximum Gasteiger partial charge on any atom is 0.235 e. The lowest BCUT2D eigenvalue weighted by atomic mass is 10.2. The lowest BCUT2D eigenvalue weighted by molar-refractivity contribution is 0.301. The number of hydrogen-bond acceptors (Lipinski definition) is 7. The van der Waals surface area contributed by atoms with E-state index in [9.17, 15) is 0 Å². The van der Waals surface area contributed by atoms with Gasteiger partial charge in [-0.3, -0.25) is 0 Å². The van der Waals surface area contributed by atoms with E-state index in [0.717, 1.165) is 38.5 Å². The van der Waals surface area contributed by atoms with Gasteiger partial charge >= 0.3 is 0 Å². The lowest BCUT2D eigenvalue weighted by Gasteiger charge is -2.12. The first-order chi connectivity index (χ1) is 13.1. The molecule has 7 nitrogen and oxygen atoms in total. The highest BCUT2D eigenvalue weighted by molar-refractivity contribution is 7.16. The molecule has 0 aliphatic rings. The second-order valence-electron chi connectivity index (χ2n) is 6.12. The predicted octanol–water partition coefficient (Wildman–Crippen LogP) is 3.51. The third-order valence-corrected chi connectivity index (χ3v) is 4.95. The van der Waals surface area contributed by atoms with Crippen LogP contribution in [0.2, 0.25) is 0 Å². The SMILES string of the molecule is COc1cccc(OCc2nn3c(-c4ccc(N(C)C)cc4)nnc3s2)c1. The molecule has 0 saturated heterocycles. The molecule has 138 valence electrons. The van der Waals surface area contributed by atoms with Crippen molar-refractivity contribution in [2.75, 3.05) is 26.1 Å². The topological polar surface area (TPSA) is 64.8 Å². The van der Waals surface area contributed by atoms with Crippen LogP contribution in [-0.2, 0) is 6.61 Å².